The fourth-order valence-corrected chi connectivity index (χ4v) is 6.88. The first-order valence-electron chi connectivity index (χ1n) is 12.0. The van der Waals surface area contributed by atoms with Crippen molar-refractivity contribution >= 4 is 32.4 Å². The Morgan fingerprint density at radius 1 is 0.919 bits per heavy atom. The molecular weight excluding hydrogens is 506 g/mol. The van der Waals surface area contributed by atoms with Crippen molar-refractivity contribution in [3.05, 3.63) is 84.9 Å². The molecule has 0 aliphatic carbocycles. The van der Waals surface area contributed by atoms with Crippen molar-refractivity contribution in [2.24, 2.45) is 5.92 Å². The second kappa shape index (κ2) is 10.8. The standard InChI is InChI=1S/C28H27N3O4S2/c1-35-23-12-14-24(15-13-23)37(33,34)31-18-16-22(17-19-31)27(32)30-28-29-25(20-8-4-2-5-9-20)26(36-28)21-10-6-3-7-11-21/h2-15,22H,16-19H2,1H3,(H,29,30,32). The number of amides is 1. The Labute approximate surface area is 220 Å². The number of sulfonamides is 1. The maximum Gasteiger partial charge on any atom is 0.243 e. The molecule has 0 radical (unpaired) electrons. The number of carbonyl (C=O) groups excluding carboxylic acids is 1. The fraction of sp³-hybridized carbons (Fsp3) is 0.214. The van der Waals surface area contributed by atoms with Gasteiger partial charge in [-0.15, -0.1) is 0 Å². The van der Waals surface area contributed by atoms with Gasteiger partial charge in [-0.3, -0.25) is 4.79 Å². The van der Waals surface area contributed by atoms with Crippen LogP contribution >= 0.6 is 11.3 Å². The van der Waals surface area contributed by atoms with Gasteiger partial charge in [0.15, 0.2) is 5.13 Å². The van der Waals surface area contributed by atoms with Gasteiger partial charge in [0, 0.05) is 24.6 Å². The van der Waals surface area contributed by atoms with Gasteiger partial charge in [-0.25, -0.2) is 13.4 Å². The van der Waals surface area contributed by atoms with Crippen LogP contribution in [0.1, 0.15) is 12.8 Å². The topological polar surface area (TPSA) is 88.6 Å². The van der Waals surface area contributed by atoms with E-state index >= 15 is 0 Å². The van der Waals surface area contributed by atoms with Crippen molar-refractivity contribution in [3.8, 4) is 27.4 Å². The maximum absolute atomic E-state index is 13.1. The molecule has 4 aromatic rings. The molecule has 37 heavy (non-hydrogen) atoms. The number of ether oxygens (including phenoxy) is 1. The van der Waals surface area contributed by atoms with E-state index in [9.17, 15) is 13.2 Å². The largest absolute Gasteiger partial charge is 0.497 e. The molecular formula is C28H27N3O4S2. The number of thiazole rings is 1. The van der Waals surface area contributed by atoms with Crippen molar-refractivity contribution in [1.29, 1.82) is 0 Å². The summed E-state index contributed by atoms with van der Waals surface area (Å²) in [5.41, 5.74) is 2.85. The highest BCUT2D eigenvalue weighted by molar-refractivity contribution is 7.89. The van der Waals surface area contributed by atoms with Crippen molar-refractivity contribution < 1.29 is 17.9 Å². The zero-order chi connectivity index (χ0) is 25.8. The summed E-state index contributed by atoms with van der Waals surface area (Å²) in [6.45, 7) is 0.573. The fourth-order valence-electron chi connectivity index (χ4n) is 4.41. The van der Waals surface area contributed by atoms with E-state index in [1.54, 1.807) is 24.3 Å². The van der Waals surface area contributed by atoms with Gasteiger partial charge >= 0.3 is 0 Å². The molecule has 2 heterocycles. The van der Waals surface area contributed by atoms with Crippen molar-refractivity contribution in [3.63, 3.8) is 0 Å². The lowest BCUT2D eigenvalue weighted by atomic mass is 9.97. The number of hydrogen-bond donors (Lipinski definition) is 1. The Kier molecular flexibility index (Phi) is 7.36. The minimum absolute atomic E-state index is 0.130. The van der Waals surface area contributed by atoms with E-state index in [0.29, 0.717) is 23.7 Å². The number of methoxy groups -OCH3 is 1. The number of aromatic nitrogens is 1. The lowest BCUT2D eigenvalue weighted by molar-refractivity contribution is -0.120. The SMILES string of the molecule is COc1ccc(S(=O)(=O)N2CCC(C(=O)Nc3nc(-c4ccccc4)c(-c4ccccc4)s3)CC2)cc1. The number of rotatable bonds is 7. The Morgan fingerprint density at radius 2 is 1.51 bits per heavy atom. The average molecular weight is 534 g/mol. The third-order valence-electron chi connectivity index (χ3n) is 6.46. The molecule has 0 atom stereocenters. The molecule has 3 aromatic carbocycles. The Bertz CT molecular complexity index is 1410. The Hall–Kier alpha value is -3.53. The number of anilines is 1. The van der Waals surface area contributed by atoms with Crippen molar-refractivity contribution in [1.82, 2.24) is 9.29 Å². The minimum Gasteiger partial charge on any atom is -0.497 e. The second-order valence-corrected chi connectivity index (χ2v) is 11.7. The molecule has 1 aliphatic heterocycles. The van der Waals surface area contributed by atoms with Gasteiger partial charge in [-0.1, -0.05) is 72.0 Å². The Balaban J connectivity index is 1.28. The summed E-state index contributed by atoms with van der Waals surface area (Å²) in [7, 11) is -2.09. The molecule has 1 N–H and O–H groups in total. The summed E-state index contributed by atoms with van der Waals surface area (Å²) >= 11 is 1.45. The van der Waals surface area contributed by atoms with E-state index in [2.05, 4.69) is 5.32 Å². The van der Waals surface area contributed by atoms with Crippen LogP contribution in [0.3, 0.4) is 0 Å². The molecule has 1 fully saturated rings. The van der Waals surface area contributed by atoms with Gasteiger partial charge < -0.3 is 10.1 Å². The average Bonchev–Trinajstić information content (AvgIpc) is 3.38. The molecule has 9 heteroatoms. The third-order valence-corrected chi connectivity index (χ3v) is 9.40. The highest BCUT2D eigenvalue weighted by atomic mass is 32.2. The second-order valence-electron chi connectivity index (χ2n) is 8.77. The van der Waals surface area contributed by atoms with Crippen LogP contribution in [0.15, 0.2) is 89.8 Å². The number of nitrogens with one attached hydrogen (secondary N) is 1. The quantitative estimate of drug-likeness (QED) is 0.338. The van der Waals surface area contributed by atoms with Crippen LogP contribution < -0.4 is 10.1 Å². The summed E-state index contributed by atoms with van der Waals surface area (Å²) in [5, 5.41) is 3.53. The van der Waals surface area contributed by atoms with Crippen molar-refractivity contribution in [2.45, 2.75) is 17.7 Å². The maximum atomic E-state index is 13.1. The van der Waals surface area contributed by atoms with Gasteiger partial charge in [-0.05, 0) is 42.7 Å². The van der Waals surface area contributed by atoms with Gasteiger partial charge in [-0.2, -0.15) is 4.31 Å². The number of hydrogen-bond acceptors (Lipinski definition) is 6. The lowest BCUT2D eigenvalue weighted by Crippen LogP contribution is -2.41. The predicted molar refractivity (Wildman–Crippen MR) is 146 cm³/mol. The molecule has 0 unspecified atom stereocenters. The first-order valence-corrected chi connectivity index (χ1v) is 14.3. The normalized spacial score (nSPS) is 14.8. The molecule has 1 amide bonds. The Morgan fingerprint density at radius 3 is 2.11 bits per heavy atom. The molecule has 0 spiro atoms. The minimum atomic E-state index is -3.62. The monoisotopic (exact) mass is 533 g/mol. The summed E-state index contributed by atoms with van der Waals surface area (Å²) in [6, 6.07) is 26.3. The smallest absolute Gasteiger partial charge is 0.243 e. The lowest BCUT2D eigenvalue weighted by Gasteiger charge is -2.30. The summed E-state index contributed by atoms with van der Waals surface area (Å²) in [5.74, 6) is 0.184. The summed E-state index contributed by atoms with van der Waals surface area (Å²) in [6.07, 6.45) is 0.896. The van der Waals surface area contributed by atoms with E-state index in [4.69, 9.17) is 9.72 Å². The predicted octanol–water partition coefficient (Wildman–Crippen LogP) is 5.53. The molecule has 7 nitrogen and oxygen atoms in total. The van der Waals surface area contributed by atoms with Crippen molar-refractivity contribution in [2.75, 3.05) is 25.5 Å². The first-order chi connectivity index (χ1) is 18.0. The van der Waals surface area contributed by atoms with E-state index in [-0.39, 0.29) is 29.8 Å². The van der Waals surface area contributed by atoms with E-state index in [0.717, 1.165) is 21.7 Å². The van der Waals surface area contributed by atoms with Crippen LogP contribution in [0.4, 0.5) is 5.13 Å². The van der Waals surface area contributed by atoms with Crippen LogP contribution in [0.5, 0.6) is 5.75 Å². The van der Waals surface area contributed by atoms with E-state index < -0.39 is 10.0 Å². The number of benzene rings is 3. The van der Waals surface area contributed by atoms with Crippen LogP contribution in [0.25, 0.3) is 21.7 Å². The summed E-state index contributed by atoms with van der Waals surface area (Å²) in [4.78, 5) is 19.1. The first kappa shape index (κ1) is 25.1. The number of nitrogens with zero attached hydrogens (tertiary/aromatic N) is 2. The molecule has 1 aliphatic rings. The third kappa shape index (κ3) is 5.44. The van der Waals surface area contributed by atoms with Crippen LogP contribution in [-0.4, -0.2) is 43.8 Å². The molecule has 5 rings (SSSR count). The highest BCUT2D eigenvalue weighted by Crippen LogP contribution is 2.39. The number of carbonyl (C=O) groups is 1. The molecule has 190 valence electrons. The van der Waals surface area contributed by atoms with Gasteiger partial charge in [0.05, 0.1) is 22.6 Å². The molecule has 1 saturated heterocycles. The van der Waals surface area contributed by atoms with E-state index in [1.165, 1.54) is 22.8 Å². The van der Waals surface area contributed by atoms with Gasteiger partial charge in [0.25, 0.3) is 0 Å². The number of piperidine rings is 1. The zero-order valence-corrected chi connectivity index (χ0v) is 22.0. The highest BCUT2D eigenvalue weighted by Gasteiger charge is 2.32. The van der Waals surface area contributed by atoms with Gasteiger partial charge in [0.1, 0.15) is 5.75 Å². The van der Waals surface area contributed by atoms with Crippen LogP contribution in [0, 0.1) is 5.92 Å². The van der Waals surface area contributed by atoms with Crippen LogP contribution in [-0.2, 0) is 14.8 Å². The van der Waals surface area contributed by atoms with Gasteiger partial charge in [0.2, 0.25) is 15.9 Å². The summed E-state index contributed by atoms with van der Waals surface area (Å²) < 4.78 is 32.6. The van der Waals surface area contributed by atoms with Crippen LogP contribution in [0.2, 0.25) is 0 Å². The molecule has 0 bridgehead atoms. The zero-order valence-electron chi connectivity index (χ0n) is 20.3. The van der Waals surface area contributed by atoms with E-state index in [1.807, 2.05) is 60.7 Å². The molecule has 0 saturated carbocycles. The molecule has 1 aromatic heterocycles.